The second-order valence-corrected chi connectivity index (χ2v) is 5.48. The van der Waals surface area contributed by atoms with E-state index in [1.165, 1.54) is 6.92 Å². The Balaban J connectivity index is 2.02. The molecular formula is C18H17F2NO3. The van der Waals surface area contributed by atoms with E-state index < -0.39 is 29.6 Å². The summed E-state index contributed by atoms with van der Waals surface area (Å²) in [4.78, 5) is 24.0. The monoisotopic (exact) mass is 333 g/mol. The summed E-state index contributed by atoms with van der Waals surface area (Å²) in [5.41, 5.74) is 2.38. The minimum atomic E-state index is -1.16. The van der Waals surface area contributed by atoms with Gasteiger partial charge in [0.05, 0.1) is 5.56 Å². The molecule has 2 rings (SSSR count). The van der Waals surface area contributed by atoms with Gasteiger partial charge in [0.25, 0.3) is 5.91 Å². The predicted octanol–water partition coefficient (Wildman–Crippen LogP) is 3.77. The number of nitrogens with one attached hydrogen (secondary N) is 1. The SMILES string of the molecule is Cc1ccc(NC(=O)C(C)OC(=O)c2ccc(F)c(F)c2)c(C)c1. The van der Waals surface area contributed by atoms with E-state index in [0.29, 0.717) is 5.69 Å². The third-order valence-corrected chi connectivity index (χ3v) is 3.45. The molecular weight excluding hydrogens is 316 g/mol. The van der Waals surface area contributed by atoms with E-state index in [2.05, 4.69) is 5.32 Å². The number of benzene rings is 2. The summed E-state index contributed by atoms with van der Waals surface area (Å²) in [6.45, 7) is 5.18. The highest BCUT2D eigenvalue weighted by molar-refractivity contribution is 5.97. The zero-order valence-corrected chi connectivity index (χ0v) is 13.5. The molecule has 0 saturated heterocycles. The van der Waals surface area contributed by atoms with Gasteiger partial charge in [-0.25, -0.2) is 13.6 Å². The molecule has 0 bridgehead atoms. The number of anilines is 1. The topological polar surface area (TPSA) is 55.4 Å². The Bertz CT molecular complexity index is 790. The van der Waals surface area contributed by atoms with Crippen LogP contribution in [0, 0.1) is 25.5 Å². The molecule has 0 aromatic heterocycles. The number of aryl methyl sites for hydroxylation is 2. The molecule has 1 N–H and O–H groups in total. The summed E-state index contributed by atoms with van der Waals surface area (Å²) in [5.74, 6) is -3.64. The van der Waals surface area contributed by atoms with E-state index in [-0.39, 0.29) is 5.56 Å². The zero-order chi connectivity index (χ0) is 17.9. The number of rotatable bonds is 4. The highest BCUT2D eigenvalue weighted by atomic mass is 19.2. The van der Waals surface area contributed by atoms with Gasteiger partial charge in [-0.3, -0.25) is 4.79 Å². The number of halogens is 2. The van der Waals surface area contributed by atoms with Crippen LogP contribution < -0.4 is 5.32 Å². The van der Waals surface area contributed by atoms with Crippen molar-refractivity contribution < 1.29 is 23.1 Å². The lowest BCUT2D eigenvalue weighted by Gasteiger charge is -2.15. The van der Waals surface area contributed by atoms with E-state index >= 15 is 0 Å². The van der Waals surface area contributed by atoms with Gasteiger partial charge in [-0.2, -0.15) is 0 Å². The number of hydrogen-bond acceptors (Lipinski definition) is 3. The van der Waals surface area contributed by atoms with Gasteiger partial charge in [-0.05, 0) is 50.6 Å². The van der Waals surface area contributed by atoms with Crippen molar-refractivity contribution in [2.24, 2.45) is 0 Å². The number of ether oxygens (including phenoxy) is 1. The number of carbonyl (C=O) groups is 2. The van der Waals surface area contributed by atoms with Gasteiger partial charge in [-0.15, -0.1) is 0 Å². The Labute approximate surface area is 138 Å². The van der Waals surface area contributed by atoms with Crippen molar-refractivity contribution >= 4 is 17.6 Å². The Morgan fingerprint density at radius 2 is 1.75 bits per heavy atom. The van der Waals surface area contributed by atoms with Gasteiger partial charge in [0, 0.05) is 5.69 Å². The standard InChI is InChI=1S/C18H17F2NO3/c1-10-4-7-16(11(2)8-10)21-17(22)12(3)24-18(23)13-5-6-14(19)15(20)9-13/h4-9,12H,1-3H3,(H,21,22). The number of esters is 1. The largest absolute Gasteiger partial charge is 0.449 e. The second kappa shape index (κ2) is 7.21. The fourth-order valence-corrected chi connectivity index (χ4v) is 2.09. The Kier molecular flexibility index (Phi) is 5.28. The van der Waals surface area contributed by atoms with Gasteiger partial charge in [0.15, 0.2) is 17.7 Å². The molecule has 0 aliphatic rings. The van der Waals surface area contributed by atoms with E-state index in [9.17, 15) is 18.4 Å². The van der Waals surface area contributed by atoms with Crippen LogP contribution in [-0.4, -0.2) is 18.0 Å². The van der Waals surface area contributed by atoms with Crippen LogP contribution in [0.15, 0.2) is 36.4 Å². The molecule has 0 heterocycles. The van der Waals surface area contributed by atoms with Crippen LogP contribution in [0.25, 0.3) is 0 Å². The Morgan fingerprint density at radius 1 is 1.04 bits per heavy atom. The minimum absolute atomic E-state index is 0.167. The maximum Gasteiger partial charge on any atom is 0.339 e. The molecule has 0 radical (unpaired) electrons. The van der Waals surface area contributed by atoms with Crippen LogP contribution in [0.5, 0.6) is 0 Å². The molecule has 0 aliphatic carbocycles. The zero-order valence-electron chi connectivity index (χ0n) is 13.5. The predicted molar refractivity (Wildman–Crippen MR) is 85.8 cm³/mol. The summed E-state index contributed by atoms with van der Waals surface area (Å²) in [6, 6.07) is 8.16. The van der Waals surface area contributed by atoms with Crippen molar-refractivity contribution in [1.29, 1.82) is 0 Å². The highest BCUT2D eigenvalue weighted by Gasteiger charge is 2.20. The molecule has 24 heavy (non-hydrogen) atoms. The van der Waals surface area contributed by atoms with Crippen molar-refractivity contribution in [2.75, 3.05) is 5.32 Å². The number of amides is 1. The normalized spacial score (nSPS) is 11.7. The highest BCUT2D eigenvalue weighted by Crippen LogP contribution is 2.17. The number of hydrogen-bond donors (Lipinski definition) is 1. The molecule has 2 aromatic rings. The molecule has 0 saturated carbocycles. The quantitative estimate of drug-likeness (QED) is 0.867. The smallest absolute Gasteiger partial charge is 0.339 e. The average Bonchev–Trinajstić information content (AvgIpc) is 2.52. The molecule has 4 nitrogen and oxygen atoms in total. The number of carbonyl (C=O) groups excluding carboxylic acids is 2. The Hall–Kier alpha value is -2.76. The van der Waals surface area contributed by atoms with Crippen LogP contribution >= 0.6 is 0 Å². The molecule has 0 fully saturated rings. The summed E-state index contributed by atoms with van der Waals surface area (Å²) >= 11 is 0. The molecule has 0 spiro atoms. The molecule has 1 amide bonds. The average molecular weight is 333 g/mol. The third-order valence-electron chi connectivity index (χ3n) is 3.45. The lowest BCUT2D eigenvalue weighted by molar-refractivity contribution is -0.123. The summed E-state index contributed by atoms with van der Waals surface area (Å²) in [6.07, 6.45) is -1.09. The van der Waals surface area contributed by atoms with Crippen molar-refractivity contribution in [3.63, 3.8) is 0 Å². The lowest BCUT2D eigenvalue weighted by atomic mass is 10.1. The van der Waals surface area contributed by atoms with Crippen LogP contribution in [0.2, 0.25) is 0 Å². The first-order chi connectivity index (χ1) is 11.3. The van der Waals surface area contributed by atoms with E-state index in [1.54, 1.807) is 6.07 Å². The maximum atomic E-state index is 13.1. The van der Waals surface area contributed by atoms with Gasteiger partial charge in [0.1, 0.15) is 0 Å². The lowest BCUT2D eigenvalue weighted by Crippen LogP contribution is -2.30. The van der Waals surface area contributed by atoms with Crippen LogP contribution in [0.4, 0.5) is 14.5 Å². The summed E-state index contributed by atoms with van der Waals surface area (Å²) < 4.78 is 31.0. The van der Waals surface area contributed by atoms with Crippen LogP contribution in [-0.2, 0) is 9.53 Å². The Morgan fingerprint density at radius 3 is 2.38 bits per heavy atom. The first kappa shape index (κ1) is 17.6. The molecule has 126 valence electrons. The molecule has 1 atom stereocenters. The van der Waals surface area contributed by atoms with Crippen molar-refractivity contribution in [3.05, 3.63) is 64.7 Å². The van der Waals surface area contributed by atoms with E-state index in [0.717, 1.165) is 29.3 Å². The van der Waals surface area contributed by atoms with Gasteiger partial charge in [-0.1, -0.05) is 17.7 Å². The molecule has 0 aliphatic heterocycles. The first-order valence-corrected chi connectivity index (χ1v) is 7.32. The van der Waals surface area contributed by atoms with Crippen molar-refractivity contribution in [3.8, 4) is 0 Å². The minimum Gasteiger partial charge on any atom is -0.449 e. The van der Waals surface area contributed by atoms with Crippen LogP contribution in [0.3, 0.4) is 0 Å². The van der Waals surface area contributed by atoms with Crippen molar-refractivity contribution in [2.45, 2.75) is 26.9 Å². The molecule has 1 unspecified atom stereocenters. The summed E-state index contributed by atoms with van der Waals surface area (Å²) in [5, 5.41) is 2.66. The van der Waals surface area contributed by atoms with Gasteiger partial charge >= 0.3 is 5.97 Å². The van der Waals surface area contributed by atoms with Crippen molar-refractivity contribution in [1.82, 2.24) is 0 Å². The second-order valence-electron chi connectivity index (χ2n) is 5.48. The maximum absolute atomic E-state index is 13.1. The third kappa shape index (κ3) is 4.16. The van der Waals surface area contributed by atoms with Gasteiger partial charge < -0.3 is 10.1 Å². The van der Waals surface area contributed by atoms with Gasteiger partial charge in [0.2, 0.25) is 0 Å². The first-order valence-electron chi connectivity index (χ1n) is 7.32. The van der Waals surface area contributed by atoms with Crippen LogP contribution in [0.1, 0.15) is 28.4 Å². The van der Waals surface area contributed by atoms with E-state index in [1.807, 2.05) is 26.0 Å². The van der Waals surface area contributed by atoms with E-state index in [4.69, 9.17) is 4.74 Å². The summed E-state index contributed by atoms with van der Waals surface area (Å²) in [7, 11) is 0. The fraction of sp³-hybridized carbons (Fsp3) is 0.222. The molecule has 6 heteroatoms. The molecule has 2 aromatic carbocycles. The fourth-order valence-electron chi connectivity index (χ4n) is 2.09.